The molecule has 3 heteroatoms. The number of hydrogen-bond acceptors (Lipinski definition) is 1. The lowest BCUT2D eigenvalue weighted by Crippen LogP contribution is -1.95. The molecule has 0 saturated heterocycles. The van der Waals surface area contributed by atoms with Crippen molar-refractivity contribution < 1.29 is 4.39 Å². The summed E-state index contributed by atoms with van der Waals surface area (Å²) in [4.78, 5) is 2.82. The molecule has 2 rings (SSSR count). The summed E-state index contributed by atoms with van der Waals surface area (Å²) in [6.07, 6.45) is 1.35. The van der Waals surface area contributed by atoms with Crippen molar-refractivity contribution in [1.29, 1.82) is 0 Å². The summed E-state index contributed by atoms with van der Waals surface area (Å²) in [6.45, 7) is 0.445. The zero-order chi connectivity index (χ0) is 8.55. The second-order valence-corrected chi connectivity index (χ2v) is 2.72. The number of fused-ring (bicyclic) bond motifs is 1. The third-order valence-corrected chi connectivity index (χ3v) is 1.93. The average Bonchev–Trinajstić information content (AvgIpc) is 2.47. The van der Waals surface area contributed by atoms with Crippen LogP contribution in [-0.4, -0.2) is 4.98 Å². The zero-order valence-corrected chi connectivity index (χ0v) is 6.47. The van der Waals surface area contributed by atoms with E-state index in [0.717, 1.165) is 11.1 Å². The van der Waals surface area contributed by atoms with Gasteiger partial charge in [-0.25, -0.2) is 4.39 Å². The van der Waals surface area contributed by atoms with Gasteiger partial charge in [-0.15, -0.1) is 0 Å². The Bertz CT molecular complexity index is 406. The smallest absolute Gasteiger partial charge is 0.148 e. The minimum absolute atomic E-state index is 0.222. The maximum atomic E-state index is 13.0. The Morgan fingerprint density at radius 3 is 3.00 bits per heavy atom. The Hall–Kier alpha value is -1.35. The Kier molecular flexibility index (Phi) is 1.59. The topological polar surface area (TPSA) is 41.8 Å². The van der Waals surface area contributed by atoms with Gasteiger partial charge in [0.1, 0.15) is 5.82 Å². The SMILES string of the molecule is NCc1ccc2[nH]cc(F)c2c1. The van der Waals surface area contributed by atoms with Crippen LogP contribution in [0, 0.1) is 5.82 Å². The first-order valence-corrected chi connectivity index (χ1v) is 3.77. The summed E-state index contributed by atoms with van der Waals surface area (Å²) in [5.41, 5.74) is 7.18. The van der Waals surface area contributed by atoms with Crippen molar-refractivity contribution in [3.63, 3.8) is 0 Å². The fraction of sp³-hybridized carbons (Fsp3) is 0.111. The van der Waals surface area contributed by atoms with Gasteiger partial charge in [0, 0.05) is 23.6 Å². The third-order valence-electron chi connectivity index (χ3n) is 1.93. The van der Waals surface area contributed by atoms with E-state index in [4.69, 9.17) is 5.73 Å². The second kappa shape index (κ2) is 2.60. The van der Waals surface area contributed by atoms with Gasteiger partial charge in [-0.2, -0.15) is 0 Å². The number of H-pyrrole nitrogens is 1. The van der Waals surface area contributed by atoms with Crippen molar-refractivity contribution >= 4 is 10.9 Å². The van der Waals surface area contributed by atoms with Crippen molar-refractivity contribution in [2.75, 3.05) is 0 Å². The zero-order valence-electron chi connectivity index (χ0n) is 6.47. The van der Waals surface area contributed by atoms with Gasteiger partial charge in [-0.3, -0.25) is 0 Å². The molecule has 0 aliphatic rings. The lowest BCUT2D eigenvalue weighted by Gasteiger charge is -1.95. The average molecular weight is 164 g/mol. The Morgan fingerprint density at radius 1 is 1.42 bits per heavy atom. The molecule has 1 heterocycles. The van der Waals surface area contributed by atoms with Crippen LogP contribution in [0.3, 0.4) is 0 Å². The molecule has 12 heavy (non-hydrogen) atoms. The van der Waals surface area contributed by atoms with E-state index < -0.39 is 0 Å². The van der Waals surface area contributed by atoms with Gasteiger partial charge in [0.2, 0.25) is 0 Å². The van der Waals surface area contributed by atoms with E-state index in [2.05, 4.69) is 4.98 Å². The van der Waals surface area contributed by atoms with Crippen LogP contribution < -0.4 is 5.73 Å². The first-order chi connectivity index (χ1) is 5.81. The van der Waals surface area contributed by atoms with Crippen molar-refractivity contribution in [3.8, 4) is 0 Å². The van der Waals surface area contributed by atoms with Crippen molar-refractivity contribution in [2.24, 2.45) is 5.73 Å². The number of aromatic nitrogens is 1. The minimum atomic E-state index is -0.222. The van der Waals surface area contributed by atoms with E-state index in [9.17, 15) is 4.39 Å². The number of hydrogen-bond donors (Lipinski definition) is 2. The largest absolute Gasteiger partial charge is 0.359 e. The van der Waals surface area contributed by atoms with Crippen LogP contribution >= 0.6 is 0 Å². The van der Waals surface area contributed by atoms with Gasteiger partial charge in [-0.1, -0.05) is 6.07 Å². The van der Waals surface area contributed by atoms with Crippen LogP contribution in [0.2, 0.25) is 0 Å². The minimum Gasteiger partial charge on any atom is -0.359 e. The molecule has 62 valence electrons. The first kappa shape index (κ1) is 7.31. The lowest BCUT2D eigenvalue weighted by molar-refractivity contribution is 0.639. The molecule has 0 amide bonds. The molecule has 0 aliphatic carbocycles. The third kappa shape index (κ3) is 0.987. The van der Waals surface area contributed by atoms with Crippen LogP contribution in [0.15, 0.2) is 24.4 Å². The molecule has 2 nitrogen and oxygen atoms in total. The highest BCUT2D eigenvalue weighted by Crippen LogP contribution is 2.17. The Balaban J connectivity index is 2.71. The molecule has 1 aromatic carbocycles. The molecule has 0 fully saturated rings. The summed E-state index contributed by atoms with van der Waals surface area (Å²) in [5.74, 6) is -0.222. The summed E-state index contributed by atoms with van der Waals surface area (Å²) in [5, 5.41) is 0.609. The van der Waals surface area contributed by atoms with Gasteiger partial charge in [-0.05, 0) is 17.7 Å². The molecular weight excluding hydrogens is 155 g/mol. The van der Waals surface area contributed by atoms with E-state index in [0.29, 0.717) is 11.9 Å². The molecule has 0 atom stereocenters. The van der Waals surface area contributed by atoms with Crippen LogP contribution in [0.1, 0.15) is 5.56 Å². The molecule has 0 bridgehead atoms. The molecule has 1 aromatic heterocycles. The van der Waals surface area contributed by atoms with E-state index >= 15 is 0 Å². The van der Waals surface area contributed by atoms with Crippen LogP contribution in [0.25, 0.3) is 10.9 Å². The highest BCUT2D eigenvalue weighted by atomic mass is 19.1. The van der Waals surface area contributed by atoms with Gasteiger partial charge in [0.25, 0.3) is 0 Å². The number of benzene rings is 1. The van der Waals surface area contributed by atoms with Gasteiger partial charge in [0.15, 0.2) is 0 Å². The quantitative estimate of drug-likeness (QED) is 0.662. The monoisotopic (exact) mass is 164 g/mol. The molecule has 3 N–H and O–H groups in total. The van der Waals surface area contributed by atoms with Gasteiger partial charge < -0.3 is 10.7 Å². The van der Waals surface area contributed by atoms with Gasteiger partial charge >= 0.3 is 0 Å². The van der Waals surface area contributed by atoms with Crippen molar-refractivity contribution in [3.05, 3.63) is 35.8 Å². The summed E-state index contributed by atoms with van der Waals surface area (Å²) in [7, 11) is 0. The number of nitrogens with one attached hydrogen (secondary N) is 1. The Labute approximate surface area is 69.2 Å². The number of halogens is 1. The molecule has 0 radical (unpaired) electrons. The fourth-order valence-electron chi connectivity index (χ4n) is 1.26. The summed E-state index contributed by atoms with van der Waals surface area (Å²) >= 11 is 0. The molecule has 0 unspecified atom stereocenters. The molecule has 2 aromatic rings. The number of aromatic amines is 1. The summed E-state index contributed by atoms with van der Waals surface area (Å²) < 4.78 is 13.0. The number of rotatable bonds is 1. The van der Waals surface area contributed by atoms with E-state index in [1.54, 1.807) is 6.07 Å². The predicted octanol–water partition coefficient (Wildman–Crippen LogP) is 1.77. The van der Waals surface area contributed by atoms with Crippen LogP contribution in [0.4, 0.5) is 4.39 Å². The number of nitrogens with two attached hydrogens (primary N) is 1. The molecule has 0 spiro atoms. The fourth-order valence-corrected chi connectivity index (χ4v) is 1.26. The van der Waals surface area contributed by atoms with E-state index in [1.165, 1.54) is 6.20 Å². The van der Waals surface area contributed by atoms with Crippen molar-refractivity contribution in [2.45, 2.75) is 6.54 Å². The lowest BCUT2D eigenvalue weighted by atomic mass is 10.1. The maximum Gasteiger partial charge on any atom is 0.148 e. The second-order valence-electron chi connectivity index (χ2n) is 2.72. The highest BCUT2D eigenvalue weighted by molar-refractivity contribution is 5.80. The summed E-state index contributed by atoms with van der Waals surface area (Å²) in [6, 6.07) is 5.49. The molecule has 0 aliphatic heterocycles. The Morgan fingerprint density at radius 2 is 2.25 bits per heavy atom. The maximum absolute atomic E-state index is 13.0. The van der Waals surface area contributed by atoms with E-state index in [-0.39, 0.29) is 5.82 Å². The van der Waals surface area contributed by atoms with Gasteiger partial charge in [0.05, 0.1) is 0 Å². The predicted molar refractivity (Wildman–Crippen MR) is 46.1 cm³/mol. The van der Waals surface area contributed by atoms with Crippen molar-refractivity contribution in [1.82, 2.24) is 4.98 Å². The highest BCUT2D eigenvalue weighted by Gasteiger charge is 2.01. The van der Waals surface area contributed by atoms with Crippen LogP contribution in [-0.2, 0) is 6.54 Å². The van der Waals surface area contributed by atoms with E-state index in [1.807, 2.05) is 12.1 Å². The molecular formula is C9H9FN2. The standard InChI is InChI=1S/C9H9FN2/c10-8-5-12-9-2-1-6(4-11)3-7(8)9/h1-3,5,12H,4,11H2. The first-order valence-electron chi connectivity index (χ1n) is 3.77. The van der Waals surface area contributed by atoms with Crippen LogP contribution in [0.5, 0.6) is 0 Å². The molecule has 0 saturated carbocycles. The normalized spacial score (nSPS) is 10.8.